The fraction of sp³-hybridized carbons (Fsp3) is 0.517. The number of carboxylic acid groups (broad SMARTS) is 1. The Morgan fingerprint density at radius 1 is 1.32 bits per heavy atom. The number of aliphatic carboxylic acids is 1. The van der Waals surface area contributed by atoms with Gasteiger partial charge < -0.3 is 14.7 Å². The van der Waals surface area contributed by atoms with Crippen molar-refractivity contribution in [2.45, 2.75) is 52.1 Å². The molecule has 0 amide bonds. The predicted octanol–water partition coefficient (Wildman–Crippen LogP) is 5.07. The number of halogens is 2. The van der Waals surface area contributed by atoms with Crippen LogP contribution in [0.25, 0.3) is 5.57 Å². The Morgan fingerprint density at radius 3 is 2.81 bits per heavy atom. The maximum atomic E-state index is 15.7. The number of ether oxygens (including phenoxy) is 1. The largest absolute Gasteiger partial charge is 0.481 e. The van der Waals surface area contributed by atoms with Gasteiger partial charge in [-0.25, -0.2) is 9.37 Å². The van der Waals surface area contributed by atoms with Crippen molar-refractivity contribution < 1.29 is 23.4 Å². The molecule has 1 aliphatic heterocycles. The van der Waals surface area contributed by atoms with Gasteiger partial charge in [-0.1, -0.05) is 31.2 Å². The van der Waals surface area contributed by atoms with Crippen molar-refractivity contribution in [3.63, 3.8) is 0 Å². The molecule has 1 aromatic heterocycles. The Balaban J connectivity index is 1.71. The Bertz CT molecular complexity index is 1170. The number of hydrogen-bond donors (Lipinski definition) is 1. The van der Waals surface area contributed by atoms with Gasteiger partial charge in [-0.3, -0.25) is 14.1 Å². The molecule has 8 heteroatoms. The standard InChI is InChI=1S/C29H37F2N3O3/c1-18(29(35)36)17-34-19(2)14-23-22-9-6-5-8-21(22)15-24(23)27(34)26-20(3)28(32-16-25(26)31)37-13-12-33(4)11-7-10-30/h5-6,8-9,16,18-19,27H,7,10-15,17H2,1-4H3,(H,35,36)/t18-,19-,27+/m1/s1. The van der Waals surface area contributed by atoms with Gasteiger partial charge in [0.2, 0.25) is 5.88 Å². The van der Waals surface area contributed by atoms with E-state index in [0.717, 1.165) is 12.0 Å². The molecule has 0 unspecified atom stereocenters. The second kappa shape index (κ2) is 11.7. The van der Waals surface area contributed by atoms with Crippen LogP contribution < -0.4 is 4.74 Å². The highest BCUT2D eigenvalue weighted by Gasteiger charge is 2.41. The van der Waals surface area contributed by atoms with Crippen LogP contribution in [0.2, 0.25) is 0 Å². The molecule has 2 aromatic rings. The summed E-state index contributed by atoms with van der Waals surface area (Å²) in [7, 11) is 1.91. The number of aromatic nitrogens is 1. The summed E-state index contributed by atoms with van der Waals surface area (Å²) >= 11 is 0. The molecule has 200 valence electrons. The second-order valence-corrected chi connectivity index (χ2v) is 10.4. The number of likely N-dealkylation sites (N-methyl/N-ethyl adjacent to an activating group) is 1. The average molecular weight is 514 g/mol. The number of alkyl halides is 1. The highest BCUT2D eigenvalue weighted by molar-refractivity contribution is 5.79. The lowest BCUT2D eigenvalue weighted by atomic mass is 9.83. The van der Waals surface area contributed by atoms with Crippen molar-refractivity contribution in [1.82, 2.24) is 14.8 Å². The minimum absolute atomic E-state index is 0.0252. The van der Waals surface area contributed by atoms with E-state index < -0.39 is 23.7 Å². The predicted molar refractivity (Wildman–Crippen MR) is 140 cm³/mol. The van der Waals surface area contributed by atoms with Gasteiger partial charge in [0.25, 0.3) is 0 Å². The zero-order valence-electron chi connectivity index (χ0n) is 22.1. The van der Waals surface area contributed by atoms with Crippen LogP contribution in [0.3, 0.4) is 0 Å². The highest BCUT2D eigenvalue weighted by Crippen LogP contribution is 2.50. The fourth-order valence-corrected chi connectivity index (χ4v) is 5.64. The third-order valence-electron chi connectivity index (χ3n) is 7.68. The number of pyridine rings is 1. The molecular weight excluding hydrogens is 476 g/mol. The molecular formula is C29H37F2N3O3. The van der Waals surface area contributed by atoms with Crippen molar-refractivity contribution >= 4 is 11.5 Å². The first-order valence-corrected chi connectivity index (χ1v) is 13.0. The van der Waals surface area contributed by atoms with Gasteiger partial charge in [-0.15, -0.1) is 0 Å². The molecule has 1 aliphatic carbocycles. The topological polar surface area (TPSA) is 65.9 Å². The van der Waals surface area contributed by atoms with E-state index in [0.29, 0.717) is 56.1 Å². The number of nitrogens with zero attached hydrogens (tertiary/aromatic N) is 3. The molecule has 0 radical (unpaired) electrons. The van der Waals surface area contributed by atoms with Crippen LogP contribution in [0.5, 0.6) is 5.88 Å². The van der Waals surface area contributed by atoms with Gasteiger partial charge in [0, 0.05) is 36.8 Å². The summed E-state index contributed by atoms with van der Waals surface area (Å²) in [5, 5.41) is 9.67. The number of benzene rings is 1. The Hall–Kier alpha value is -2.84. The molecule has 0 fully saturated rings. The first-order chi connectivity index (χ1) is 17.7. The monoisotopic (exact) mass is 513 g/mol. The van der Waals surface area contributed by atoms with Crippen molar-refractivity contribution in [3.8, 4) is 5.88 Å². The van der Waals surface area contributed by atoms with Crippen molar-refractivity contribution in [3.05, 3.63) is 64.1 Å². The van der Waals surface area contributed by atoms with Crippen LogP contribution in [0, 0.1) is 18.7 Å². The summed E-state index contributed by atoms with van der Waals surface area (Å²) in [6, 6.07) is 7.91. The zero-order chi connectivity index (χ0) is 26.7. The van der Waals surface area contributed by atoms with E-state index in [4.69, 9.17) is 4.74 Å². The van der Waals surface area contributed by atoms with E-state index in [1.54, 1.807) is 6.92 Å². The minimum atomic E-state index is -0.867. The maximum absolute atomic E-state index is 15.7. The van der Waals surface area contributed by atoms with Gasteiger partial charge in [0.1, 0.15) is 12.4 Å². The number of carbonyl (C=O) groups is 1. The number of carboxylic acids is 1. The van der Waals surface area contributed by atoms with Gasteiger partial charge in [-0.05, 0) is 62.4 Å². The Labute approximate surface area is 217 Å². The van der Waals surface area contributed by atoms with Crippen LogP contribution in [-0.2, 0) is 11.2 Å². The third-order valence-corrected chi connectivity index (χ3v) is 7.68. The van der Waals surface area contributed by atoms with Gasteiger partial charge in [0.15, 0.2) is 0 Å². The zero-order valence-corrected chi connectivity index (χ0v) is 22.1. The molecule has 2 heterocycles. The molecule has 1 N–H and O–H groups in total. The SMILES string of the molecule is Cc1c(OCCN(C)CCCF)ncc(F)c1[C@@H]1C2=C(C[C@@H](C)N1C[C@@H](C)C(=O)O)c1ccccc1C2. The average Bonchev–Trinajstić information content (AvgIpc) is 3.23. The Morgan fingerprint density at radius 2 is 2.08 bits per heavy atom. The normalized spacial score (nSPS) is 20.2. The molecule has 1 aromatic carbocycles. The molecule has 0 bridgehead atoms. The van der Waals surface area contributed by atoms with Gasteiger partial charge in [0.05, 0.1) is 24.8 Å². The third kappa shape index (κ3) is 5.70. The molecule has 2 aliphatic rings. The smallest absolute Gasteiger partial charge is 0.307 e. The second-order valence-electron chi connectivity index (χ2n) is 10.4. The Kier molecular flexibility index (Phi) is 8.60. The first-order valence-electron chi connectivity index (χ1n) is 13.0. The first kappa shape index (κ1) is 27.2. The lowest BCUT2D eigenvalue weighted by molar-refractivity contribution is -0.142. The van der Waals surface area contributed by atoms with E-state index in [2.05, 4.69) is 28.9 Å². The number of hydrogen-bond acceptors (Lipinski definition) is 5. The summed E-state index contributed by atoms with van der Waals surface area (Å²) in [5.74, 6) is -1.51. The van der Waals surface area contributed by atoms with E-state index >= 15 is 4.39 Å². The van der Waals surface area contributed by atoms with Crippen molar-refractivity contribution in [1.29, 1.82) is 0 Å². The van der Waals surface area contributed by atoms with Crippen LogP contribution in [0.15, 0.2) is 36.0 Å². The summed E-state index contributed by atoms with van der Waals surface area (Å²) in [6.45, 7) is 7.15. The van der Waals surface area contributed by atoms with Crippen LogP contribution in [-0.4, -0.2) is 71.9 Å². The molecule has 37 heavy (non-hydrogen) atoms. The lowest BCUT2D eigenvalue weighted by Crippen LogP contribution is -2.45. The van der Waals surface area contributed by atoms with E-state index in [1.807, 2.05) is 31.0 Å². The quantitative estimate of drug-likeness (QED) is 0.453. The van der Waals surface area contributed by atoms with E-state index in [-0.39, 0.29) is 12.7 Å². The van der Waals surface area contributed by atoms with E-state index in [1.165, 1.54) is 22.9 Å². The van der Waals surface area contributed by atoms with Crippen molar-refractivity contribution in [2.24, 2.45) is 5.92 Å². The highest BCUT2D eigenvalue weighted by atomic mass is 19.1. The maximum Gasteiger partial charge on any atom is 0.307 e. The molecule has 4 rings (SSSR count). The minimum Gasteiger partial charge on any atom is -0.481 e. The van der Waals surface area contributed by atoms with Crippen molar-refractivity contribution in [2.75, 3.05) is 40.0 Å². The van der Waals surface area contributed by atoms with Crippen LogP contribution in [0.1, 0.15) is 55.0 Å². The van der Waals surface area contributed by atoms with Gasteiger partial charge in [-0.2, -0.15) is 0 Å². The number of rotatable bonds is 11. The van der Waals surface area contributed by atoms with Crippen LogP contribution in [0.4, 0.5) is 8.78 Å². The summed E-state index contributed by atoms with van der Waals surface area (Å²) in [6.07, 6.45) is 3.18. The lowest BCUT2D eigenvalue weighted by Gasteiger charge is -2.43. The number of fused-ring (bicyclic) bond motifs is 2. The molecule has 0 saturated carbocycles. The molecule has 3 atom stereocenters. The molecule has 0 spiro atoms. The molecule has 0 saturated heterocycles. The molecule has 6 nitrogen and oxygen atoms in total. The van der Waals surface area contributed by atoms with Crippen LogP contribution >= 0.6 is 0 Å². The summed E-state index contributed by atoms with van der Waals surface area (Å²) in [4.78, 5) is 20.2. The fourth-order valence-electron chi connectivity index (χ4n) is 5.64. The van der Waals surface area contributed by atoms with Gasteiger partial charge >= 0.3 is 5.97 Å². The summed E-state index contributed by atoms with van der Waals surface area (Å²) in [5.41, 5.74) is 5.92. The van der Waals surface area contributed by atoms with E-state index in [9.17, 15) is 14.3 Å². The summed E-state index contributed by atoms with van der Waals surface area (Å²) < 4.78 is 34.1.